The third-order valence-electron chi connectivity index (χ3n) is 3.96. The molecule has 0 radical (unpaired) electrons. The van der Waals surface area contributed by atoms with E-state index in [2.05, 4.69) is 10.6 Å². The highest BCUT2D eigenvalue weighted by atomic mass is 35.5. The molecular formula is C21H25ClN2O2. The zero-order chi connectivity index (χ0) is 19.2. The van der Waals surface area contributed by atoms with Crippen LogP contribution in [0, 0.1) is 5.41 Å². The topological polar surface area (TPSA) is 58.2 Å². The highest BCUT2D eigenvalue weighted by molar-refractivity contribution is 6.30. The molecule has 0 bridgehead atoms. The number of rotatable bonds is 6. The SMILES string of the molecule is CC(C)(C)C(=O)NCCC(=O)NC(c1ccccc1)c1ccc(Cl)cc1. The highest BCUT2D eigenvalue weighted by Gasteiger charge is 2.21. The third kappa shape index (κ3) is 5.88. The van der Waals surface area contributed by atoms with Gasteiger partial charge in [0.2, 0.25) is 11.8 Å². The van der Waals surface area contributed by atoms with Gasteiger partial charge in [-0.2, -0.15) is 0 Å². The molecule has 2 amide bonds. The average molecular weight is 373 g/mol. The van der Waals surface area contributed by atoms with E-state index in [1.54, 1.807) is 0 Å². The van der Waals surface area contributed by atoms with Crippen LogP contribution < -0.4 is 10.6 Å². The molecule has 0 heterocycles. The fourth-order valence-electron chi connectivity index (χ4n) is 2.45. The van der Waals surface area contributed by atoms with Gasteiger partial charge in [-0.15, -0.1) is 0 Å². The first kappa shape index (κ1) is 20.0. The third-order valence-corrected chi connectivity index (χ3v) is 4.21. The Morgan fingerprint density at radius 2 is 1.54 bits per heavy atom. The second-order valence-corrected chi connectivity index (χ2v) is 7.66. The molecule has 2 rings (SSSR count). The van der Waals surface area contributed by atoms with Gasteiger partial charge < -0.3 is 10.6 Å². The summed E-state index contributed by atoms with van der Waals surface area (Å²) >= 11 is 5.98. The Kier molecular flexibility index (Phi) is 6.81. The molecule has 0 aromatic heterocycles. The first-order chi connectivity index (χ1) is 12.3. The van der Waals surface area contributed by atoms with Crippen LogP contribution in [0.15, 0.2) is 54.6 Å². The number of hydrogen-bond donors (Lipinski definition) is 2. The van der Waals surface area contributed by atoms with Gasteiger partial charge in [-0.25, -0.2) is 0 Å². The van der Waals surface area contributed by atoms with Crippen LogP contribution in [0.4, 0.5) is 0 Å². The van der Waals surface area contributed by atoms with Crippen LogP contribution >= 0.6 is 11.6 Å². The lowest BCUT2D eigenvalue weighted by molar-refractivity contribution is -0.128. The summed E-state index contributed by atoms with van der Waals surface area (Å²) in [5.41, 5.74) is 1.47. The molecule has 2 aromatic rings. The Bertz CT molecular complexity index is 737. The molecule has 0 aliphatic rings. The molecule has 4 nitrogen and oxygen atoms in total. The van der Waals surface area contributed by atoms with Crippen molar-refractivity contribution in [3.05, 3.63) is 70.7 Å². The molecule has 0 spiro atoms. The Hall–Kier alpha value is -2.33. The molecule has 1 atom stereocenters. The van der Waals surface area contributed by atoms with Crippen molar-refractivity contribution in [2.75, 3.05) is 6.54 Å². The second-order valence-electron chi connectivity index (χ2n) is 7.22. The van der Waals surface area contributed by atoms with E-state index < -0.39 is 5.41 Å². The highest BCUT2D eigenvalue weighted by Crippen LogP contribution is 2.23. The number of nitrogens with one attached hydrogen (secondary N) is 2. The van der Waals surface area contributed by atoms with Crippen molar-refractivity contribution >= 4 is 23.4 Å². The number of amides is 2. The van der Waals surface area contributed by atoms with E-state index in [1.807, 2.05) is 75.4 Å². The minimum atomic E-state index is -0.466. The van der Waals surface area contributed by atoms with Crippen molar-refractivity contribution in [1.82, 2.24) is 10.6 Å². The summed E-state index contributed by atoms with van der Waals surface area (Å²) in [7, 11) is 0. The van der Waals surface area contributed by atoms with E-state index in [-0.39, 0.29) is 24.3 Å². The predicted octanol–water partition coefficient (Wildman–Crippen LogP) is 4.10. The number of carbonyl (C=O) groups is 2. The molecular weight excluding hydrogens is 348 g/mol. The van der Waals surface area contributed by atoms with Crippen molar-refractivity contribution in [1.29, 1.82) is 0 Å². The monoisotopic (exact) mass is 372 g/mol. The van der Waals surface area contributed by atoms with Gasteiger partial charge >= 0.3 is 0 Å². The van der Waals surface area contributed by atoms with Gasteiger partial charge in [0.15, 0.2) is 0 Å². The van der Waals surface area contributed by atoms with Crippen LogP contribution in [0.25, 0.3) is 0 Å². The van der Waals surface area contributed by atoms with Crippen molar-refractivity contribution in [3.63, 3.8) is 0 Å². The minimum absolute atomic E-state index is 0.0670. The van der Waals surface area contributed by atoms with Gasteiger partial charge in [0.25, 0.3) is 0 Å². The lowest BCUT2D eigenvalue weighted by Crippen LogP contribution is -2.38. The molecule has 26 heavy (non-hydrogen) atoms. The van der Waals surface area contributed by atoms with Crippen molar-refractivity contribution in [2.45, 2.75) is 33.2 Å². The van der Waals surface area contributed by atoms with Gasteiger partial charge in [-0.1, -0.05) is 74.8 Å². The number of benzene rings is 2. The maximum atomic E-state index is 12.4. The molecule has 5 heteroatoms. The quantitative estimate of drug-likeness (QED) is 0.802. The summed E-state index contributed by atoms with van der Waals surface area (Å²) in [6.07, 6.45) is 0.221. The molecule has 2 aromatic carbocycles. The van der Waals surface area contributed by atoms with Gasteiger partial charge in [-0.3, -0.25) is 9.59 Å². The van der Waals surface area contributed by atoms with Crippen LogP contribution in [0.1, 0.15) is 44.4 Å². The summed E-state index contributed by atoms with van der Waals surface area (Å²) in [5, 5.41) is 6.49. The zero-order valence-electron chi connectivity index (χ0n) is 15.4. The minimum Gasteiger partial charge on any atom is -0.355 e. The lowest BCUT2D eigenvalue weighted by atomic mass is 9.96. The number of carbonyl (C=O) groups excluding carboxylic acids is 2. The maximum Gasteiger partial charge on any atom is 0.225 e. The Morgan fingerprint density at radius 3 is 2.12 bits per heavy atom. The van der Waals surface area contributed by atoms with Gasteiger partial charge in [0, 0.05) is 23.4 Å². The van der Waals surface area contributed by atoms with Crippen molar-refractivity contribution in [2.24, 2.45) is 5.41 Å². The van der Waals surface area contributed by atoms with Crippen LogP contribution in [0.2, 0.25) is 5.02 Å². The smallest absolute Gasteiger partial charge is 0.225 e. The molecule has 0 fully saturated rings. The van der Waals surface area contributed by atoms with Crippen LogP contribution in [-0.2, 0) is 9.59 Å². The van der Waals surface area contributed by atoms with E-state index in [0.29, 0.717) is 11.6 Å². The van der Waals surface area contributed by atoms with Gasteiger partial charge in [-0.05, 0) is 23.3 Å². The zero-order valence-corrected chi connectivity index (χ0v) is 16.1. The number of hydrogen-bond acceptors (Lipinski definition) is 2. The maximum absolute atomic E-state index is 12.4. The lowest BCUT2D eigenvalue weighted by Gasteiger charge is -2.21. The fraction of sp³-hybridized carbons (Fsp3) is 0.333. The molecule has 0 aliphatic heterocycles. The summed E-state index contributed by atoms with van der Waals surface area (Å²) in [6, 6.07) is 16.9. The Morgan fingerprint density at radius 1 is 0.962 bits per heavy atom. The van der Waals surface area contributed by atoms with E-state index in [0.717, 1.165) is 11.1 Å². The molecule has 0 aliphatic carbocycles. The Labute approximate surface area is 159 Å². The van der Waals surface area contributed by atoms with Crippen molar-refractivity contribution in [3.8, 4) is 0 Å². The largest absolute Gasteiger partial charge is 0.355 e. The predicted molar refractivity (Wildman–Crippen MR) is 105 cm³/mol. The summed E-state index contributed by atoms with van der Waals surface area (Å²) in [6.45, 7) is 5.83. The summed E-state index contributed by atoms with van der Waals surface area (Å²) in [4.78, 5) is 24.3. The van der Waals surface area contributed by atoms with Gasteiger partial charge in [0.1, 0.15) is 0 Å². The average Bonchev–Trinajstić information content (AvgIpc) is 2.60. The summed E-state index contributed by atoms with van der Waals surface area (Å²) < 4.78 is 0. The van der Waals surface area contributed by atoms with Gasteiger partial charge in [0.05, 0.1) is 6.04 Å². The first-order valence-electron chi connectivity index (χ1n) is 8.65. The molecule has 0 saturated heterocycles. The normalized spacial score (nSPS) is 12.3. The molecule has 138 valence electrons. The van der Waals surface area contributed by atoms with Crippen LogP contribution in [-0.4, -0.2) is 18.4 Å². The Balaban J connectivity index is 2.04. The first-order valence-corrected chi connectivity index (χ1v) is 9.03. The van der Waals surface area contributed by atoms with E-state index in [9.17, 15) is 9.59 Å². The van der Waals surface area contributed by atoms with Crippen molar-refractivity contribution < 1.29 is 9.59 Å². The second kappa shape index (κ2) is 8.86. The van der Waals surface area contributed by atoms with E-state index in [4.69, 9.17) is 11.6 Å². The van der Waals surface area contributed by atoms with Crippen LogP contribution in [0.3, 0.4) is 0 Å². The fourth-order valence-corrected chi connectivity index (χ4v) is 2.57. The molecule has 2 N–H and O–H groups in total. The summed E-state index contributed by atoms with van der Waals surface area (Å²) in [5.74, 6) is -0.189. The number of halogens is 1. The molecule has 0 saturated carbocycles. The van der Waals surface area contributed by atoms with E-state index >= 15 is 0 Å². The van der Waals surface area contributed by atoms with E-state index in [1.165, 1.54) is 0 Å². The standard InChI is InChI=1S/C21H25ClN2O2/c1-21(2,3)20(26)23-14-13-18(25)24-19(15-7-5-4-6-8-15)16-9-11-17(22)12-10-16/h4-12,19H,13-14H2,1-3H3,(H,23,26)(H,24,25). The molecule has 1 unspecified atom stereocenters. The van der Waals surface area contributed by atoms with Crippen LogP contribution in [0.5, 0.6) is 0 Å².